The van der Waals surface area contributed by atoms with Gasteiger partial charge in [-0.2, -0.15) is 0 Å². The van der Waals surface area contributed by atoms with E-state index in [1.54, 1.807) is 7.05 Å². The van der Waals surface area contributed by atoms with Gasteiger partial charge >= 0.3 is 0 Å². The first-order chi connectivity index (χ1) is 8.17. The zero-order valence-electron chi connectivity index (χ0n) is 9.76. The summed E-state index contributed by atoms with van der Waals surface area (Å²) in [6.45, 7) is 2.52. The Morgan fingerprint density at radius 1 is 1.53 bits per heavy atom. The zero-order valence-corrected chi connectivity index (χ0v) is 11.9. The minimum absolute atomic E-state index is 0.0957. The van der Waals surface area contributed by atoms with Gasteiger partial charge in [-0.15, -0.1) is 5.11 Å². The lowest BCUT2D eigenvalue weighted by molar-refractivity contribution is -0.132. The van der Waals surface area contributed by atoms with Gasteiger partial charge in [0.15, 0.2) is 6.73 Å². The molecule has 0 aliphatic heterocycles. The molecule has 17 heavy (non-hydrogen) atoms. The minimum Gasteiger partial charge on any atom is -0.445 e. The molecule has 6 heteroatoms. The van der Waals surface area contributed by atoms with E-state index < -0.39 is 0 Å². The largest absolute Gasteiger partial charge is 0.445 e. The van der Waals surface area contributed by atoms with Crippen molar-refractivity contribution in [1.29, 1.82) is 0 Å². The number of rotatable bonds is 6. The van der Waals surface area contributed by atoms with E-state index >= 15 is 0 Å². The first kappa shape index (κ1) is 13.9. The van der Waals surface area contributed by atoms with Crippen LogP contribution in [0.25, 0.3) is 0 Å². The molecule has 0 unspecified atom stereocenters. The van der Waals surface area contributed by atoms with E-state index in [0.717, 1.165) is 15.7 Å². The molecule has 0 N–H and O–H groups in total. The van der Waals surface area contributed by atoms with Crippen LogP contribution in [0.2, 0.25) is 0 Å². The number of benzene rings is 1. The van der Waals surface area contributed by atoms with Crippen LogP contribution in [0.4, 0.5) is 5.69 Å². The van der Waals surface area contributed by atoms with Crippen LogP contribution in [0.5, 0.6) is 0 Å². The molecule has 92 valence electrons. The maximum atomic E-state index is 10.00. The third-order valence-corrected chi connectivity index (χ3v) is 2.84. The van der Waals surface area contributed by atoms with Crippen molar-refractivity contribution in [2.24, 2.45) is 10.3 Å². The number of hydrogen-bond donors (Lipinski definition) is 0. The van der Waals surface area contributed by atoms with Crippen LogP contribution in [0, 0.1) is 6.92 Å². The summed E-state index contributed by atoms with van der Waals surface area (Å²) in [5.74, 6) is 0. The molecule has 0 aromatic heterocycles. The van der Waals surface area contributed by atoms with Gasteiger partial charge in [-0.05, 0) is 18.6 Å². The summed E-state index contributed by atoms with van der Waals surface area (Å²) in [7, 11) is 1.69. The molecule has 0 heterocycles. The highest BCUT2D eigenvalue weighted by Crippen LogP contribution is 2.23. The standard InChI is InChI=1S/C11H14IN3O2/c1-9-3-4-11(10(5-9)6-12)13-14-15(2)7-17-8-16/h3-5,8H,6-7H2,1-2H3/b14-13+. The quantitative estimate of drug-likeness (QED) is 0.199. The van der Waals surface area contributed by atoms with Crippen LogP contribution < -0.4 is 0 Å². The summed E-state index contributed by atoms with van der Waals surface area (Å²) in [4.78, 5) is 10.00. The fourth-order valence-electron chi connectivity index (χ4n) is 1.21. The first-order valence-corrected chi connectivity index (χ1v) is 6.53. The highest BCUT2D eigenvalue weighted by Gasteiger charge is 2.01. The lowest BCUT2D eigenvalue weighted by Crippen LogP contribution is -2.13. The molecular weight excluding hydrogens is 333 g/mol. The van der Waals surface area contributed by atoms with Crippen molar-refractivity contribution in [3.8, 4) is 0 Å². The van der Waals surface area contributed by atoms with Gasteiger partial charge in [0.1, 0.15) is 0 Å². The Hall–Kier alpha value is -1.18. The molecule has 0 spiro atoms. The van der Waals surface area contributed by atoms with Crippen molar-refractivity contribution in [3.63, 3.8) is 0 Å². The van der Waals surface area contributed by atoms with Gasteiger partial charge in [0.25, 0.3) is 6.47 Å². The van der Waals surface area contributed by atoms with Gasteiger partial charge in [0.05, 0.1) is 5.69 Å². The number of halogens is 1. The third-order valence-electron chi connectivity index (χ3n) is 2.01. The number of ether oxygens (including phenoxy) is 1. The number of alkyl halides is 1. The molecule has 0 atom stereocenters. The smallest absolute Gasteiger partial charge is 0.294 e. The van der Waals surface area contributed by atoms with Crippen molar-refractivity contribution in [2.45, 2.75) is 11.4 Å². The van der Waals surface area contributed by atoms with Gasteiger partial charge in [-0.1, -0.05) is 45.5 Å². The molecule has 1 aromatic carbocycles. The Morgan fingerprint density at radius 3 is 2.94 bits per heavy atom. The van der Waals surface area contributed by atoms with Crippen LogP contribution in [0.3, 0.4) is 0 Å². The van der Waals surface area contributed by atoms with Crippen LogP contribution in [-0.4, -0.2) is 25.3 Å². The van der Waals surface area contributed by atoms with E-state index in [9.17, 15) is 4.79 Å². The molecule has 1 rings (SSSR count). The molecule has 5 nitrogen and oxygen atoms in total. The third kappa shape index (κ3) is 4.68. The fourth-order valence-corrected chi connectivity index (χ4v) is 1.82. The monoisotopic (exact) mass is 347 g/mol. The lowest BCUT2D eigenvalue weighted by Gasteiger charge is -2.09. The number of carbonyl (C=O) groups excluding carboxylic acids is 1. The molecule has 0 bridgehead atoms. The van der Waals surface area contributed by atoms with E-state index in [0.29, 0.717) is 6.47 Å². The molecule has 0 aliphatic carbocycles. The predicted octanol–water partition coefficient (Wildman–Crippen LogP) is 2.99. The first-order valence-electron chi connectivity index (χ1n) is 5.01. The van der Waals surface area contributed by atoms with Crippen molar-refractivity contribution < 1.29 is 9.53 Å². The highest BCUT2D eigenvalue weighted by atomic mass is 127. The molecule has 0 amide bonds. The van der Waals surface area contributed by atoms with Crippen LogP contribution in [0.1, 0.15) is 11.1 Å². The van der Waals surface area contributed by atoms with Crippen molar-refractivity contribution >= 4 is 34.8 Å². The van der Waals surface area contributed by atoms with E-state index in [2.05, 4.69) is 43.7 Å². The Kier molecular flexibility index (Phi) is 5.88. The lowest BCUT2D eigenvalue weighted by atomic mass is 10.1. The highest BCUT2D eigenvalue weighted by molar-refractivity contribution is 14.1. The summed E-state index contributed by atoms with van der Waals surface area (Å²) < 4.78 is 5.43. The molecule has 1 aromatic rings. The van der Waals surface area contributed by atoms with Gasteiger partial charge in [0, 0.05) is 11.5 Å². The Morgan fingerprint density at radius 2 is 2.29 bits per heavy atom. The SMILES string of the molecule is Cc1ccc(/N=N/N(C)COC=O)c(CI)c1. The maximum Gasteiger partial charge on any atom is 0.294 e. The Bertz CT molecular complexity index is 410. The van der Waals surface area contributed by atoms with Crippen LogP contribution in [0.15, 0.2) is 28.5 Å². The second-order valence-electron chi connectivity index (χ2n) is 3.50. The summed E-state index contributed by atoms with van der Waals surface area (Å²) >= 11 is 2.29. The van der Waals surface area contributed by atoms with E-state index in [4.69, 9.17) is 0 Å². The van der Waals surface area contributed by atoms with Gasteiger partial charge in [0.2, 0.25) is 0 Å². The number of nitrogens with zero attached hydrogens (tertiary/aromatic N) is 3. The molecule has 0 fully saturated rings. The van der Waals surface area contributed by atoms with Gasteiger partial charge in [-0.3, -0.25) is 4.79 Å². The summed E-state index contributed by atoms with van der Waals surface area (Å²) in [6.07, 6.45) is 0. The fraction of sp³-hybridized carbons (Fsp3) is 0.364. The molecule has 0 radical (unpaired) electrons. The van der Waals surface area contributed by atoms with Crippen molar-refractivity contribution in [2.75, 3.05) is 13.8 Å². The average molecular weight is 347 g/mol. The number of aryl methyl sites for hydroxylation is 1. The molecule has 0 aliphatic rings. The maximum absolute atomic E-state index is 10.00. The van der Waals surface area contributed by atoms with Crippen LogP contribution in [-0.2, 0) is 14.0 Å². The normalized spacial score (nSPS) is 10.5. The van der Waals surface area contributed by atoms with Crippen molar-refractivity contribution in [1.82, 2.24) is 5.01 Å². The minimum atomic E-state index is 0.0957. The second-order valence-corrected chi connectivity index (χ2v) is 4.27. The summed E-state index contributed by atoms with van der Waals surface area (Å²) in [5.41, 5.74) is 3.18. The number of hydrogen-bond acceptors (Lipinski definition) is 4. The molecule has 0 saturated heterocycles. The average Bonchev–Trinajstić information content (AvgIpc) is 2.34. The summed E-state index contributed by atoms with van der Waals surface area (Å²) in [6, 6.07) is 6.01. The van der Waals surface area contributed by atoms with E-state index in [1.807, 2.05) is 19.1 Å². The number of carbonyl (C=O) groups is 1. The summed E-state index contributed by atoms with van der Waals surface area (Å²) in [5, 5.41) is 9.51. The van der Waals surface area contributed by atoms with E-state index in [-0.39, 0.29) is 6.73 Å². The Balaban J connectivity index is 2.73. The molecule has 0 saturated carbocycles. The van der Waals surface area contributed by atoms with Gasteiger partial charge < -0.3 is 4.74 Å². The topological polar surface area (TPSA) is 54.3 Å². The zero-order chi connectivity index (χ0) is 12.7. The van der Waals surface area contributed by atoms with Crippen LogP contribution >= 0.6 is 22.6 Å². The van der Waals surface area contributed by atoms with E-state index in [1.165, 1.54) is 10.6 Å². The van der Waals surface area contributed by atoms with Crippen molar-refractivity contribution in [3.05, 3.63) is 29.3 Å². The second kappa shape index (κ2) is 7.21. The predicted molar refractivity (Wildman–Crippen MR) is 73.2 cm³/mol. The molecular formula is C11H14IN3O2. The van der Waals surface area contributed by atoms with Gasteiger partial charge in [-0.25, -0.2) is 5.01 Å². The Labute approximate surface area is 114 Å².